The summed E-state index contributed by atoms with van der Waals surface area (Å²) < 4.78 is 0.813. The number of anilines is 1. The Morgan fingerprint density at radius 3 is 3.04 bits per heavy atom. The summed E-state index contributed by atoms with van der Waals surface area (Å²) in [5.74, 6) is 1.01. The molecule has 3 heterocycles. The van der Waals surface area contributed by atoms with Gasteiger partial charge in [0.2, 0.25) is 5.91 Å². The topological polar surface area (TPSA) is 71.0 Å². The number of nitrogens with one attached hydrogen (secondary N) is 1. The molecule has 0 spiro atoms. The van der Waals surface area contributed by atoms with Gasteiger partial charge in [-0.1, -0.05) is 23.1 Å². The summed E-state index contributed by atoms with van der Waals surface area (Å²) in [7, 11) is 0. The first-order valence-corrected chi connectivity index (χ1v) is 9.39. The van der Waals surface area contributed by atoms with Crippen molar-refractivity contribution < 1.29 is 4.79 Å². The van der Waals surface area contributed by atoms with Crippen LogP contribution in [0.3, 0.4) is 0 Å². The van der Waals surface area contributed by atoms with E-state index in [0.29, 0.717) is 6.54 Å². The van der Waals surface area contributed by atoms with Gasteiger partial charge in [0.1, 0.15) is 11.3 Å². The zero-order valence-electron chi connectivity index (χ0n) is 12.9. The molecule has 1 atom stereocenters. The molecule has 2 aromatic heterocycles. The smallest absolute Gasteiger partial charge is 0.233 e. The van der Waals surface area contributed by atoms with Crippen molar-refractivity contribution in [2.75, 3.05) is 18.0 Å². The van der Waals surface area contributed by atoms with Crippen LogP contribution in [0.1, 0.15) is 25.3 Å². The number of carbonyl (C=O) groups excluding carboxylic acids is 1. The summed E-state index contributed by atoms with van der Waals surface area (Å²) in [5, 5.41) is 10.5. The quantitative estimate of drug-likeness (QED) is 0.807. The fourth-order valence-corrected chi connectivity index (χ4v) is 4.09. The first-order chi connectivity index (χ1) is 11.2. The average Bonchev–Trinajstić information content (AvgIpc) is 3.26. The van der Waals surface area contributed by atoms with Crippen molar-refractivity contribution in [2.45, 2.75) is 35.9 Å². The molecule has 0 bridgehead atoms. The minimum Gasteiger partial charge on any atom is -0.357 e. The molecule has 0 aliphatic carbocycles. The number of amides is 1. The van der Waals surface area contributed by atoms with Crippen LogP contribution in [-0.2, 0) is 11.3 Å². The summed E-state index contributed by atoms with van der Waals surface area (Å²) in [6, 6.07) is 4.01. The number of carbonyl (C=O) groups is 1. The van der Waals surface area contributed by atoms with E-state index in [1.54, 1.807) is 5.51 Å². The molecule has 0 aromatic carbocycles. The highest BCUT2D eigenvalue weighted by molar-refractivity contribution is 8.02. The van der Waals surface area contributed by atoms with Crippen molar-refractivity contribution in [1.29, 1.82) is 0 Å². The predicted molar refractivity (Wildman–Crippen MR) is 92.8 cm³/mol. The molecule has 23 heavy (non-hydrogen) atoms. The molecule has 8 heteroatoms. The van der Waals surface area contributed by atoms with Crippen LogP contribution in [-0.4, -0.2) is 39.4 Å². The number of aromatic nitrogens is 3. The highest BCUT2D eigenvalue weighted by atomic mass is 32.2. The molecule has 1 aliphatic rings. The third-order valence-corrected chi connectivity index (χ3v) is 5.60. The van der Waals surface area contributed by atoms with Gasteiger partial charge in [-0.05, 0) is 37.5 Å². The van der Waals surface area contributed by atoms with E-state index < -0.39 is 0 Å². The number of nitrogens with zero attached hydrogens (tertiary/aromatic N) is 4. The Bertz CT molecular complexity index is 643. The summed E-state index contributed by atoms with van der Waals surface area (Å²) in [5.41, 5.74) is 2.74. The van der Waals surface area contributed by atoms with Crippen molar-refractivity contribution in [2.24, 2.45) is 0 Å². The van der Waals surface area contributed by atoms with Gasteiger partial charge in [0.15, 0.2) is 4.34 Å². The molecule has 1 N–H and O–H groups in total. The highest BCUT2D eigenvalue weighted by Crippen LogP contribution is 2.24. The Morgan fingerprint density at radius 2 is 2.30 bits per heavy atom. The lowest BCUT2D eigenvalue weighted by molar-refractivity contribution is -0.120. The lowest BCUT2D eigenvalue weighted by Gasteiger charge is -2.17. The van der Waals surface area contributed by atoms with Gasteiger partial charge in [-0.25, -0.2) is 4.98 Å². The SMILES string of the molecule is C[C@H](Sc1nncs1)C(=O)NCc1ccnc(N2CCCC2)c1. The molecule has 0 saturated carbocycles. The van der Waals surface area contributed by atoms with Gasteiger partial charge in [0, 0.05) is 25.8 Å². The van der Waals surface area contributed by atoms with Crippen LogP contribution >= 0.6 is 23.1 Å². The van der Waals surface area contributed by atoms with E-state index in [2.05, 4.69) is 31.5 Å². The Labute approximate surface area is 143 Å². The van der Waals surface area contributed by atoms with Crippen LogP contribution in [0.4, 0.5) is 5.82 Å². The maximum Gasteiger partial charge on any atom is 0.233 e. The normalized spacial score (nSPS) is 15.6. The summed E-state index contributed by atoms with van der Waals surface area (Å²) in [4.78, 5) is 18.9. The monoisotopic (exact) mass is 349 g/mol. The van der Waals surface area contributed by atoms with Crippen LogP contribution in [0.5, 0.6) is 0 Å². The van der Waals surface area contributed by atoms with Crippen molar-refractivity contribution in [3.05, 3.63) is 29.4 Å². The lowest BCUT2D eigenvalue weighted by Crippen LogP contribution is -2.30. The molecule has 2 aromatic rings. The minimum absolute atomic E-state index is 0.00438. The van der Waals surface area contributed by atoms with Crippen molar-refractivity contribution in [3.63, 3.8) is 0 Å². The van der Waals surface area contributed by atoms with Crippen LogP contribution in [0.25, 0.3) is 0 Å². The maximum absolute atomic E-state index is 12.2. The summed E-state index contributed by atoms with van der Waals surface area (Å²) in [6.07, 6.45) is 4.26. The number of rotatable bonds is 6. The molecule has 1 amide bonds. The largest absolute Gasteiger partial charge is 0.357 e. The molecule has 122 valence electrons. The third kappa shape index (κ3) is 4.42. The van der Waals surface area contributed by atoms with Crippen molar-refractivity contribution in [1.82, 2.24) is 20.5 Å². The molecule has 0 unspecified atom stereocenters. The summed E-state index contributed by atoms with van der Waals surface area (Å²) >= 11 is 2.88. The van der Waals surface area contributed by atoms with Gasteiger partial charge in [-0.15, -0.1) is 10.2 Å². The molecule has 1 saturated heterocycles. The fourth-order valence-electron chi connectivity index (χ4n) is 2.44. The Hall–Kier alpha value is -1.67. The number of pyridine rings is 1. The van der Waals surface area contributed by atoms with E-state index in [-0.39, 0.29) is 11.2 Å². The first kappa shape index (κ1) is 16.2. The molecular weight excluding hydrogens is 330 g/mol. The predicted octanol–water partition coefficient (Wildman–Crippen LogP) is 2.33. The molecular formula is C15H19N5OS2. The Kier molecular flexibility index (Phi) is 5.45. The Balaban J connectivity index is 1.53. The maximum atomic E-state index is 12.2. The number of hydrogen-bond acceptors (Lipinski definition) is 7. The molecule has 1 fully saturated rings. The molecule has 6 nitrogen and oxygen atoms in total. The van der Waals surface area contributed by atoms with E-state index in [1.165, 1.54) is 35.9 Å². The van der Waals surface area contributed by atoms with Crippen LogP contribution in [0, 0.1) is 0 Å². The average molecular weight is 349 g/mol. The van der Waals surface area contributed by atoms with Crippen molar-refractivity contribution >= 4 is 34.8 Å². The second-order valence-electron chi connectivity index (χ2n) is 5.40. The minimum atomic E-state index is -0.192. The second kappa shape index (κ2) is 7.74. The number of thioether (sulfide) groups is 1. The Morgan fingerprint density at radius 1 is 1.48 bits per heavy atom. The van der Waals surface area contributed by atoms with Crippen LogP contribution in [0.2, 0.25) is 0 Å². The van der Waals surface area contributed by atoms with Gasteiger partial charge in [0.05, 0.1) is 5.25 Å². The summed E-state index contributed by atoms with van der Waals surface area (Å²) in [6.45, 7) is 4.53. The van der Waals surface area contributed by atoms with Crippen LogP contribution < -0.4 is 10.2 Å². The zero-order valence-corrected chi connectivity index (χ0v) is 14.6. The van der Waals surface area contributed by atoms with Gasteiger partial charge in [-0.3, -0.25) is 4.79 Å². The van der Waals surface area contributed by atoms with Gasteiger partial charge < -0.3 is 10.2 Å². The molecule has 3 rings (SSSR count). The van der Waals surface area contributed by atoms with E-state index >= 15 is 0 Å². The van der Waals surface area contributed by atoms with Gasteiger partial charge in [-0.2, -0.15) is 0 Å². The second-order valence-corrected chi connectivity index (χ2v) is 7.82. The highest BCUT2D eigenvalue weighted by Gasteiger charge is 2.17. The van der Waals surface area contributed by atoms with Crippen LogP contribution in [0.15, 0.2) is 28.2 Å². The molecule has 0 radical (unpaired) electrons. The molecule has 1 aliphatic heterocycles. The third-order valence-electron chi connectivity index (χ3n) is 3.69. The first-order valence-electron chi connectivity index (χ1n) is 7.63. The zero-order chi connectivity index (χ0) is 16.1. The standard InChI is InChI=1S/C15H19N5OS2/c1-11(23-15-19-18-10-22-15)14(21)17-9-12-4-5-16-13(8-12)20-6-2-3-7-20/h4-5,8,10-11H,2-3,6-7,9H2,1H3,(H,17,21)/t11-/m0/s1. The van der Waals surface area contributed by atoms with E-state index in [9.17, 15) is 4.79 Å². The van der Waals surface area contributed by atoms with E-state index in [4.69, 9.17) is 0 Å². The lowest BCUT2D eigenvalue weighted by atomic mass is 10.2. The fraction of sp³-hybridized carbons (Fsp3) is 0.467. The van der Waals surface area contributed by atoms with Crippen molar-refractivity contribution in [3.8, 4) is 0 Å². The van der Waals surface area contributed by atoms with E-state index in [1.807, 2.05) is 19.2 Å². The van der Waals surface area contributed by atoms with Gasteiger partial charge in [0.25, 0.3) is 0 Å². The van der Waals surface area contributed by atoms with Gasteiger partial charge >= 0.3 is 0 Å². The number of hydrogen-bond donors (Lipinski definition) is 1. The van der Waals surface area contributed by atoms with E-state index in [0.717, 1.165) is 28.8 Å².